The maximum absolute atomic E-state index is 11.1. The number of anilines is 1. The van der Waals surface area contributed by atoms with Gasteiger partial charge in [0.05, 0.1) is 4.92 Å². The van der Waals surface area contributed by atoms with Gasteiger partial charge in [0.25, 0.3) is 0 Å². The van der Waals surface area contributed by atoms with E-state index in [2.05, 4.69) is 41.5 Å². The van der Waals surface area contributed by atoms with E-state index in [1.807, 2.05) is 0 Å². The van der Waals surface area contributed by atoms with Gasteiger partial charge in [-0.05, 0) is 15.9 Å². The predicted molar refractivity (Wildman–Crippen MR) is 65.9 cm³/mol. The molecule has 0 radical (unpaired) electrons. The quantitative estimate of drug-likeness (QED) is 0.664. The Labute approximate surface area is 110 Å². The molecule has 2 heterocycles. The Morgan fingerprint density at radius 2 is 2.22 bits per heavy atom. The zero-order valence-corrected chi connectivity index (χ0v) is 11.0. The zero-order chi connectivity index (χ0) is 13.3. The molecular formula is C8H8BrN7O2. The average Bonchev–Trinajstić information content (AvgIpc) is 2.67. The number of nitrogens with one attached hydrogen (secondary N) is 1. The molecule has 0 aliphatic rings. The van der Waals surface area contributed by atoms with Crippen LogP contribution in [0.3, 0.4) is 0 Å². The van der Waals surface area contributed by atoms with E-state index in [1.54, 1.807) is 14.1 Å². The molecule has 0 saturated heterocycles. The van der Waals surface area contributed by atoms with Gasteiger partial charge < -0.3 is 5.32 Å². The lowest BCUT2D eigenvalue weighted by Crippen LogP contribution is -2.05. The Bertz CT molecular complexity index is 592. The minimum Gasteiger partial charge on any atom is -0.367 e. The summed E-state index contributed by atoms with van der Waals surface area (Å²) in [6, 6.07) is 0. The van der Waals surface area contributed by atoms with E-state index in [9.17, 15) is 10.1 Å². The van der Waals surface area contributed by atoms with E-state index in [0.29, 0.717) is 10.3 Å². The van der Waals surface area contributed by atoms with Gasteiger partial charge in [-0.1, -0.05) is 5.21 Å². The molecule has 9 nitrogen and oxygen atoms in total. The third-order valence-electron chi connectivity index (χ3n) is 2.25. The van der Waals surface area contributed by atoms with Gasteiger partial charge in [-0.2, -0.15) is 0 Å². The molecule has 0 aliphatic carbocycles. The van der Waals surface area contributed by atoms with Crippen LogP contribution in [0.4, 0.5) is 11.5 Å². The van der Waals surface area contributed by atoms with Crippen LogP contribution in [0.2, 0.25) is 0 Å². The van der Waals surface area contributed by atoms with Gasteiger partial charge >= 0.3 is 5.69 Å². The smallest absolute Gasteiger partial charge is 0.339 e. The first-order valence-electron chi connectivity index (χ1n) is 4.79. The van der Waals surface area contributed by atoms with Crippen molar-refractivity contribution >= 4 is 27.4 Å². The first kappa shape index (κ1) is 12.4. The fraction of sp³-hybridized carbons (Fsp3) is 0.250. The molecule has 2 rings (SSSR count). The summed E-state index contributed by atoms with van der Waals surface area (Å²) >= 11 is 3.19. The number of hydrogen-bond acceptors (Lipinski definition) is 7. The van der Waals surface area contributed by atoms with Gasteiger partial charge in [-0.15, -0.1) is 5.10 Å². The van der Waals surface area contributed by atoms with Crippen LogP contribution in [0.1, 0.15) is 0 Å². The van der Waals surface area contributed by atoms with Gasteiger partial charge in [0.2, 0.25) is 5.82 Å². The number of hydrogen-bond donors (Lipinski definition) is 1. The molecule has 2 aromatic heterocycles. The minimum atomic E-state index is -0.541. The van der Waals surface area contributed by atoms with Crippen LogP contribution in [0.25, 0.3) is 11.4 Å². The first-order valence-corrected chi connectivity index (χ1v) is 5.58. The van der Waals surface area contributed by atoms with Crippen molar-refractivity contribution in [3.05, 3.63) is 21.0 Å². The monoisotopic (exact) mass is 313 g/mol. The average molecular weight is 314 g/mol. The van der Waals surface area contributed by atoms with E-state index < -0.39 is 4.92 Å². The molecule has 0 aromatic carbocycles. The lowest BCUT2D eigenvalue weighted by atomic mass is 10.2. The van der Waals surface area contributed by atoms with Crippen LogP contribution in [0, 0.1) is 10.1 Å². The molecule has 1 N–H and O–H groups in total. The molecule has 2 aromatic rings. The molecule has 0 unspecified atom stereocenters. The fourth-order valence-corrected chi connectivity index (χ4v) is 2.01. The summed E-state index contributed by atoms with van der Waals surface area (Å²) in [7, 11) is 3.17. The number of halogens is 1. The van der Waals surface area contributed by atoms with Crippen molar-refractivity contribution < 1.29 is 4.92 Å². The number of aromatic nitrogens is 5. The highest BCUT2D eigenvalue weighted by Crippen LogP contribution is 2.34. The van der Waals surface area contributed by atoms with E-state index in [0.717, 1.165) is 0 Å². The van der Waals surface area contributed by atoms with Gasteiger partial charge in [0.15, 0.2) is 10.3 Å². The molecule has 18 heavy (non-hydrogen) atoms. The fourth-order valence-electron chi connectivity index (χ4n) is 1.49. The Morgan fingerprint density at radius 3 is 2.72 bits per heavy atom. The van der Waals surface area contributed by atoms with Crippen LogP contribution in [0.5, 0.6) is 0 Å². The predicted octanol–water partition coefficient (Wildman–Crippen LogP) is 0.984. The van der Waals surface area contributed by atoms with Crippen molar-refractivity contribution in [1.82, 2.24) is 25.0 Å². The molecule has 0 bridgehead atoms. The molecule has 0 fully saturated rings. The SMILES string of the molecule is CNc1ncnc(-c2c(Br)nnn2C)c1[N+](=O)[O-]. The second-order valence-electron chi connectivity index (χ2n) is 3.28. The van der Waals surface area contributed by atoms with E-state index >= 15 is 0 Å². The molecule has 10 heteroatoms. The van der Waals surface area contributed by atoms with Crippen LogP contribution in [-0.4, -0.2) is 36.9 Å². The van der Waals surface area contributed by atoms with Crippen LogP contribution in [0.15, 0.2) is 10.9 Å². The molecule has 0 saturated carbocycles. The molecule has 0 aliphatic heterocycles. The molecule has 94 valence electrons. The number of rotatable bonds is 3. The highest BCUT2D eigenvalue weighted by Gasteiger charge is 2.27. The van der Waals surface area contributed by atoms with Crippen molar-refractivity contribution in [3.63, 3.8) is 0 Å². The summed E-state index contributed by atoms with van der Waals surface area (Å²) in [6.45, 7) is 0. The Morgan fingerprint density at radius 1 is 1.50 bits per heavy atom. The third-order valence-corrected chi connectivity index (χ3v) is 2.79. The first-order chi connectivity index (χ1) is 8.56. The summed E-state index contributed by atoms with van der Waals surface area (Å²) < 4.78 is 1.78. The summed E-state index contributed by atoms with van der Waals surface area (Å²) in [6.07, 6.45) is 1.24. The van der Waals surface area contributed by atoms with Gasteiger partial charge in [-0.3, -0.25) is 10.1 Å². The largest absolute Gasteiger partial charge is 0.367 e. The number of nitrogens with zero attached hydrogens (tertiary/aromatic N) is 6. The zero-order valence-electron chi connectivity index (χ0n) is 9.46. The topological polar surface area (TPSA) is 112 Å². The van der Waals surface area contributed by atoms with Crippen LogP contribution >= 0.6 is 15.9 Å². The lowest BCUT2D eigenvalue weighted by Gasteiger charge is -2.05. The highest BCUT2D eigenvalue weighted by molar-refractivity contribution is 9.10. The van der Waals surface area contributed by atoms with Gasteiger partial charge in [0, 0.05) is 14.1 Å². The summed E-state index contributed by atoms with van der Waals surface area (Å²) in [5.74, 6) is 0.137. The van der Waals surface area contributed by atoms with Gasteiger partial charge in [-0.25, -0.2) is 14.6 Å². The summed E-state index contributed by atoms with van der Waals surface area (Å²) in [5, 5.41) is 21.3. The van der Waals surface area contributed by atoms with Crippen molar-refractivity contribution in [2.45, 2.75) is 0 Å². The Hall–Kier alpha value is -2.10. The molecule has 0 amide bonds. The third kappa shape index (κ3) is 1.90. The summed E-state index contributed by atoms with van der Waals surface area (Å²) in [4.78, 5) is 18.4. The molecular weight excluding hydrogens is 306 g/mol. The Kier molecular flexibility index (Phi) is 3.19. The van der Waals surface area contributed by atoms with E-state index in [-0.39, 0.29) is 17.2 Å². The van der Waals surface area contributed by atoms with Gasteiger partial charge in [0.1, 0.15) is 12.0 Å². The van der Waals surface area contributed by atoms with E-state index in [1.165, 1.54) is 11.0 Å². The standard InChI is InChI=1S/C8H8BrN7O2/c1-10-8-6(16(17)18)4(11-3-12-8)5-7(9)13-14-15(5)2/h3H,1-2H3,(H,10,11,12). The van der Waals surface area contributed by atoms with Crippen LogP contribution < -0.4 is 5.32 Å². The van der Waals surface area contributed by atoms with E-state index in [4.69, 9.17) is 0 Å². The second-order valence-corrected chi connectivity index (χ2v) is 4.03. The normalized spacial score (nSPS) is 10.4. The molecule has 0 spiro atoms. The minimum absolute atomic E-state index is 0.137. The lowest BCUT2D eigenvalue weighted by molar-refractivity contribution is -0.383. The van der Waals surface area contributed by atoms with Crippen LogP contribution in [-0.2, 0) is 7.05 Å². The summed E-state index contributed by atoms with van der Waals surface area (Å²) in [5.41, 5.74) is 0.352. The van der Waals surface area contributed by atoms with Crippen molar-refractivity contribution in [2.24, 2.45) is 7.05 Å². The van der Waals surface area contributed by atoms with Crippen molar-refractivity contribution in [3.8, 4) is 11.4 Å². The van der Waals surface area contributed by atoms with Crippen molar-refractivity contribution in [1.29, 1.82) is 0 Å². The highest BCUT2D eigenvalue weighted by atomic mass is 79.9. The maximum Gasteiger partial charge on any atom is 0.339 e. The Balaban J connectivity index is 2.76. The van der Waals surface area contributed by atoms with Crippen molar-refractivity contribution in [2.75, 3.05) is 12.4 Å². The number of aryl methyl sites for hydroxylation is 1. The molecule has 0 atom stereocenters. The maximum atomic E-state index is 11.1. The number of nitro groups is 1. The second kappa shape index (κ2) is 4.64.